The predicted molar refractivity (Wildman–Crippen MR) is 154 cm³/mol. The molecule has 0 bridgehead atoms. The van der Waals surface area contributed by atoms with E-state index in [-0.39, 0.29) is 13.0 Å². The number of aliphatic hydroxyl groups excluding tert-OH is 1. The van der Waals surface area contributed by atoms with E-state index in [4.69, 9.17) is 16.7 Å². The van der Waals surface area contributed by atoms with Gasteiger partial charge in [-0.25, -0.2) is 14.8 Å². The normalized spacial score (nSPS) is 10.9. The number of amides is 2. The summed E-state index contributed by atoms with van der Waals surface area (Å²) in [6.45, 7) is -0.174. The molecular weight excluding hydrogens is 536 g/mol. The Kier molecular flexibility index (Phi) is 7.83. The monoisotopic (exact) mass is 558 g/mol. The lowest BCUT2D eigenvalue weighted by atomic mass is 10.0. The summed E-state index contributed by atoms with van der Waals surface area (Å²) in [6, 6.07) is 19.7. The predicted octanol–water partition coefficient (Wildman–Crippen LogP) is 6.83. The van der Waals surface area contributed by atoms with Gasteiger partial charge in [0.25, 0.3) is 0 Å². The Bertz CT molecular complexity index is 1650. The van der Waals surface area contributed by atoms with Gasteiger partial charge in [0.1, 0.15) is 6.33 Å². The zero-order valence-electron chi connectivity index (χ0n) is 20.5. The van der Waals surface area contributed by atoms with Crippen molar-refractivity contribution in [2.24, 2.45) is 0 Å². The van der Waals surface area contributed by atoms with Crippen LogP contribution < -0.4 is 10.6 Å². The van der Waals surface area contributed by atoms with E-state index >= 15 is 0 Å². The number of rotatable bonds is 8. The van der Waals surface area contributed by atoms with Crippen LogP contribution in [0.2, 0.25) is 5.02 Å². The van der Waals surface area contributed by atoms with Gasteiger partial charge >= 0.3 is 12.0 Å². The Morgan fingerprint density at radius 3 is 2.28 bits per heavy atom. The van der Waals surface area contributed by atoms with Gasteiger partial charge in [0, 0.05) is 39.3 Å². The summed E-state index contributed by atoms with van der Waals surface area (Å²) in [5.74, 6) is -0.810. The largest absolute Gasteiger partial charge is 0.481 e. The van der Waals surface area contributed by atoms with E-state index in [0.29, 0.717) is 28.4 Å². The van der Waals surface area contributed by atoms with Crippen LogP contribution >= 0.6 is 22.9 Å². The smallest absolute Gasteiger partial charge is 0.323 e. The Balaban J connectivity index is 1.31. The summed E-state index contributed by atoms with van der Waals surface area (Å²) in [7, 11) is 0. The van der Waals surface area contributed by atoms with Crippen molar-refractivity contribution < 1.29 is 19.8 Å². The minimum Gasteiger partial charge on any atom is -0.481 e. The molecule has 0 aliphatic carbocycles. The molecule has 10 heteroatoms. The highest BCUT2D eigenvalue weighted by Crippen LogP contribution is 2.37. The summed E-state index contributed by atoms with van der Waals surface area (Å²) in [5, 5.41) is 26.1. The fourth-order valence-electron chi connectivity index (χ4n) is 4.12. The second-order valence-electron chi connectivity index (χ2n) is 8.76. The number of benzene rings is 3. The van der Waals surface area contributed by atoms with Crippen molar-refractivity contribution in [2.75, 3.05) is 10.6 Å². The van der Waals surface area contributed by atoms with Crippen LogP contribution in [0, 0.1) is 0 Å². The first-order valence-electron chi connectivity index (χ1n) is 12.0. The lowest BCUT2D eigenvalue weighted by molar-refractivity contribution is -0.136. The third kappa shape index (κ3) is 6.06. The molecule has 8 nitrogen and oxygen atoms in total. The highest BCUT2D eigenvalue weighted by Gasteiger charge is 2.14. The maximum Gasteiger partial charge on any atom is 0.323 e. The molecule has 4 N–H and O–H groups in total. The number of urea groups is 1. The van der Waals surface area contributed by atoms with E-state index in [1.807, 2.05) is 36.4 Å². The molecule has 39 heavy (non-hydrogen) atoms. The van der Waals surface area contributed by atoms with Gasteiger partial charge in [-0.15, -0.1) is 11.3 Å². The van der Waals surface area contributed by atoms with Crippen LogP contribution in [0.25, 0.3) is 32.6 Å². The van der Waals surface area contributed by atoms with E-state index in [1.54, 1.807) is 48.0 Å². The summed E-state index contributed by atoms with van der Waals surface area (Å²) in [5.41, 5.74) is 7.19. The molecule has 0 unspecified atom stereocenters. The van der Waals surface area contributed by atoms with Crippen molar-refractivity contribution in [1.82, 2.24) is 9.97 Å². The third-order valence-electron chi connectivity index (χ3n) is 6.14. The number of hydrogen-bond donors (Lipinski definition) is 4. The minimum atomic E-state index is -0.810. The van der Waals surface area contributed by atoms with Crippen molar-refractivity contribution in [3.8, 4) is 22.4 Å². The fraction of sp³-hybridized carbons (Fsp3) is 0.103. The average Bonchev–Trinajstić information content (AvgIpc) is 3.37. The molecule has 0 saturated heterocycles. The molecular formula is C29H23ClN4O4S. The van der Waals surface area contributed by atoms with Gasteiger partial charge in [-0.05, 0) is 47.4 Å². The number of aromatic nitrogens is 2. The number of carboxylic acid groups (broad SMARTS) is 1. The van der Waals surface area contributed by atoms with Crippen molar-refractivity contribution in [3.63, 3.8) is 0 Å². The first-order valence-corrected chi connectivity index (χ1v) is 13.3. The van der Waals surface area contributed by atoms with Gasteiger partial charge in [-0.2, -0.15) is 0 Å². The van der Waals surface area contributed by atoms with Crippen LogP contribution in [-0.4, -0.2) is 32.2 Å². The summed E-state index contributed by atoms with van der Waals surface area (Å²) in [6.07, 6.45) is 2.14. The van der Waals surface area contributed by atoms with Gasteiger partial charge in [0.2, 0.25) is 0 Å². The zero-order chi connectivity index (χ0) is 27.4. The highest BCUT2D eigenvalue weighted by molar-refractivity contribution is 7.18. The zero-order valence-corrected chi connectivity index (χ0v) is 22.1. The number of halogens is 1. The van der Waals surface area contributed by atoms with Crippen molar-refractivity contribution in [2.45, 2.75) is 19.4 Å². The summed E-state index contributed by atoms with van der Waals surface area (Å²) < 4.78 is 0.948. The van der Waals surface area contributed by atoms with Crippen LogP contribution in [0.4, 0.5) is 16.2 Å². The number of aliphatic hydroxyl groups is 1. The average molecular weight is 559 g/mol. The molecule has 0 fully saturated rings. The summed E-state index contributed by atoms with van der Waals surface area (Å²) >= 11 is 7.65. The van der Waals surface area contributed by atoms with Crippen LogP contribution in [-0.2, 0) is 17.8 Å². The maximum absolute atomic E-state index is 12.4. The first kappa shape index (κ1) is 26.3. The van der Waals surface area contributed by atoms with Gasteiger partial charge in [0.05, 0.1) is 22.5 Å². The topological polar surface area (TPSA) is 124 Å². The number of nitrogens with zero attached hydrogens (tertiary/aromatic N) is 2. The lowest BCUT2D eigenvalue weighted by Crippen LogP contribution is -2.19. The van der Waals surface area contributed by atoms with Crippen LogP contribution in [0.1, 0.15) is 17.5 Å². The van der Waals surface area contributed by atoms with Gasteiger partial charge in [0.15, 0.2) is 0 Å². The molecule has 0 saturated carbocycles. The van der Waals surface area contributed by atoms with Crippen molar-refractivity contribution in [3.05, 3.63) is 94.6 Å². The van der Waals surface area contributed by atoms with Crippen LogP contribution in [0.5, 0.6) is 0 Å². The van der Waals surface area contributed by atoms with Crippen LogP contribution in [0.3, 0.4) is 0 Å². The number of carboxylic acids is 1. The molecule has 3 aromatic carbocycles. The molecule has 2 heterocycles. The lowest BCUT2D eigenvalue weighted by Gasteiger charge is -2.10. The van der Waals surface area contributed by atoms with E-state index < -0.39 is 12.0 Å². The number of fused-ring (bicyclic) bond motifs is 1. The minimum absolute atomic E-state index is 0.102. The molecule has 2 amide bonds. The second-order valence-corrected chi connectivity index (χ2v) is 10.0. The molecule has 0 radical (unpaired) electrons. The summed E-state index contributed by atoms with van der Waals surface area (Å²) in [4.78, 5) is 32.3. The number of aliphatic carboxylic acids is 1. The molecule has 2 aromatic heterocycles. The van der Waals surface area contributed by atoms with E-state index in [9.17, 15) is 14.7 Å². The SMILES string of the molecule is O=C(O)CCc1ccc(-c2csc3c(-c4ccc(NC(=O)Nc5ccc(CO)c(Cl)c5)cc4)ncnc23)cc1. The highest BCUT2D eigenvalue weighted by atomic mass is 35.5. The van der Waals surface area contributed by atoms with E-state index in [0.717, 1.165) is 38.2 Å². The Labute approximate surface area is 233 Å². The van der Waals surface area contributed by atoms with Gasteiger partial charge < -0.3 is 20.8 Å². The molecule has 5 rings (SSSR count). The Morgan fingerprint density at radius 1 is 0.897 bits per heavy atom. The fourth-order valence-corrected chi connectivity index (χ4v) is 5.40. The third-order valence-corrected chi connectivity index (χ3v) is 7.47. The molecule has 5 aromatic rings. The Morgan fingerprint density at radius 2 is 1.59 bits per heavy atom. The van der Waals surface area contributed by atoms with Crippen LogP contribution in [0.15, 0.2) is 78.4 Å². The maximum atomic E-state index is 12.4. The molecule has 0 spiro atoms. The molecule has 0 atom stereocenters. The van der Waals surface area contributed by atoms with Gasteiger partial charge in [-0.3, -0.25) is 4.79 Å². The first-order chi connectivity index (χ1) is 18.9. The molecule has 0 aliphatic heterocycles. The number of thiophene rings is 1. The number of carbonyl (C=O) groups excluding carboxylic acids is 1. The van der Waals surface area contributed by atoms with Gasteiger partial charge in [-0.1, -0.05) is 54.1 Å². The molecule has 196 valence electrons. The Hall–Kier alpha value is -4.31. The number of hydrogen-bond acceptors (Lipinski definition) is 6. The second kappa shape index (κ2) is 11.6. The number of aryl methyl sites for hydroxylation is 1. The quantitative estimate of drug-likeness (QED) is 0.165. The number of carbonyl (C=O) groups is 2. The van der Waals surface area contributed by atoms with Crippen molar-refractivity contribution >= 4 is 56.5 Å². The molecule has 0 aliphatic rings. The van der Waals surface area contributed by atoms with Crippen molar-refractivity contribution in [1.29, 1.82) is 0 Å². The van der Waals surface area contributed by atoms with E-state index in [1.165, 1.54) is 0 Å². The number of anilines is 2. The number of nitrogens with one attached hydrogen (secondary N) is 2. The van der Waals surface area contributed by atoms with E-state index in [2.05, 4.69) is 26.0 Å². The standard InChI is InChI=1S/C29H23ClN4O4S/c30-24-13-22(11-8-20(24)14-35)34-29(38)33-21-9-6-19(7-10-21)26-28-27(32-16-31-26)23(15-39-28)18-4-1-17(2-5-18)3-12-25(36)37/h1-2,4-11,13,15-16,35H,3,12,14H2,(H,36,37)(H2,33,34,38).